The molecule has 0 fully saturated rings. The third kappa shape index (κ3) is 2.80. The van der Waals surface area contributed by atoms with Crippen molar-refractivity contribution in [3.63, 3.8) is 0 Å². The van der Waals surface area contributed by atoms with Crippen LogP contribution in [0, 0.1) is 24.7 Å². The molecule has 0 bridgehead atoms. The highest BCUT2D eigenvalue weighted by Gasteiger charge is 2.12. The second-order valence-corrected chi connectivity index (χ2v) is 3.92. The molecule has 0 aliphatic carbocycles. The van der Waals surface area contributed by atoms with Crippen LogP contribution in [0.1, 0.15) is 11.1 Å². The van der Waals surface area contributed by atoms with Gasteiger partial charge in [0.25, 0.3) is 0 Å². The van der Waals surface area contributed by atoms with Crippen LogP contribution in [0.25, 0.3) is 0 Å². The van der Waals surface area contributed by atoms with Gasteiger partial charge >= 0.3 is 0 Å². The zero-order valence-corrected chi connectivity index (χ0v) is 11.3. The summed E-state index contributed by atoms with van der Waals surface area (Å²) in [4.78, 5) is 7.62. The number of anilines is 2. The molecule has 0 unspecified atom stereocenters. The van der Waals surface area contributed by atoms with Crippen molar-refractivity contribution in [3.05, 3.63) is 29.5 Å². The Morgan fingerprint density at radius 1 is 1.05 bits per heavy atom. The summed E-state index contributed by atoms with van der Waals surface area (Å²) in [5.74, 6) is 6.21. The molecule has 21 heavy (non-hydrogen) atoms. The monoisotopic (exact) mass is 280 g/mol. The summed E-state index contributed by atoms with van der Waals surface area (Å²) in [7, 11) is 1.50. The Balaban J connectivity index is 2.49. The maximum absolute atomic E-state index is 5.71. The smallest absolute Gasteiger partial charge is 0.222 e. The SMILES string of the molecule is C#Cc1cc(Oc2cnc(N)nc2N)c(C#C)cc1OC. The van der Waals surface area contributed by atoms with Crippen LogP contribution in [-0.2, 0) is 0 Å². The van der Waals surface area contributed by atoms with E-state index in [-0.39, 0.29) is 17.5 Å². The third-order valence-corrected chi connectivity index (χ3v) is 2.63. The molecule has 1 heterocycles. The quantitative estimate of drug-likeness (QED) is 0.825. The fourth-order valence-electron chi connectivity index (χ4n) is 1.63. The van der Waals surface area contributed by atoms with E-state index in [0.717, 1.165) is 0 Å². The van der Waals surface area contributed by atoms with E-state index in [1.165, 1.54) is 13.3 Å². The minimum Gasteiger partial charge on any atom is -0.495 e. The Labute approximate surface area is 122 Å². The third-order valence-electron chi connectivity index (χ3n) is 2.63. The molecule has 0 atom stereocenters. The van der Waals surface area contributed by atoms with E-state index in [1.807, 2.05) is 0 Å². The highest BCUT2D eigenvalue weighted by Crippen LogP contribution is 2.32. The van der Waals surface area contributed by atoms with Crippen LogP contribution in [0.5, 0.6) is 17.2 Å². The second kappa shape index (κ2) is 5.72. The maximum Gasteiger partial charge on any atom is 0.222 e. The summed E-state index contributed by atoms with van der Waals surface area (Å²) in [5, 5.41) is 0. The van der Waals surface area contributed by atoms with Crippen molar-refractivity contribution in [2.24, 2.45) is 0 Å². The highest BCUT2D eigenvalue weighted by molar-refractivity contribution is 5.59. The zero-order chi connectivity index (χ0) is 15.4. The molecule has 104 valence electrons. The van der Waals surface area contributed by atoms with Crippen molar-refractivity contribution < 1.29 is 9.47 Å². The number of methoxy groups -OCH3 is 1. The van der Waals surface area contributed by atoms with Crippen LogP contribution >= 0.6 is 0 Å². The molecule has 1 aromatic carbocycles. The van der Waals surface area contributed by atoms with Gasteiger partial charge in [0, 0.05) is 12.1 Å². The molecule has 4 N–H and O–H groups in total. The first-order valence-electron chi connectivity index (χ1n) is 5.80. The molecule has 6 nitrogen and oxygen atoms in total. The van der Waals surface area contributed by atoms with Crippen LogP contribution in [0.4, 0.5) is 11.8 Å². The fraction of sp³-hybridized carbons (Fsp3) is 0.0667. The lowest BCUT2D eigenvalue weighted by molar-refractivity contribution is 0.411. The molecule has 0 saturated heterocycles. The molecule has 0 amide bonds. The number of nitrogen functional groups attached to an aromatic ring is 2. The number of hydrogen-bond donors (Lipinski definition) is 2. The van der Waals surface area contributed by atoms with E-state index in [9.17, 15) is 0 Å². The topological polar surface area (TPSA) is 96.3 Å². The van der Waals surface area contributed by atoms with Crippen LogP contribution in [-0.4, -0.2) is 17.1 Å². The number of rotatable bonds is 3. The van der Waals surface area contributed by atoms with E-state index in [1.54, 1.807) is 12.1 Å². The summed E-state index contributed by atoms with van der Waals surface area (Å²) >= 11 is 0. The number of nitrogens with zero attached hydrogens (tertiary/aromatic N) is 2. The molecule has 2 aromatic rings. The van der Waals surface area contributed by atoms with Gasteiger partial charge in [0.2, 0.25) is 5.95 Å². The van der Waals surface area contributed by atoms with Crippen LogP contribution in [0.3, 0.4) is 0 Å². The molecule has 0 aliphatic rings. The Morgan fingerprint density at radius 2 is 1.67 bits per heavy atom. The van der Waals surface area contributed by atoms with Crippen LogP contribution < -0.4 is 20.9 Å². The number of ether oxygens (including phenoxy) is 2. The molecule has 6 heteroatoms. The normalized spacial score (nSPS) is 9.48. The summed E-state index contributed by atoms with van der Waals surface area (Å²) < 4.78 is 10.8. The van der Waals surface area contributed by atoms with Crippen molar-refractivity contribution in [2.45, 2.75) is 0 Å². The van der Waals surface area contributed by atoms with Crippen LogP contribution in [0.2, 0.25) is 0 Å². The number of nitrogens with two attached hydrogens (primary N) is 2. The van der Waals surface area contributed by atoms with Gasteiger partial charge < -0.3 is 20.9 Å². The summed E-state index contributed by atoms with van der Waals surface area (Å²) in [6.07, 6.45) is 12.2. The number of terminal acetylenes is 2. The first kappa shape index (κ1) is 14.0. The summed E-state index contributed by atoms with van der Waals surface area (Å²) in [6.45, 7) is 0. The van der Waals surface area contributed by atoms with E-state index in [4.69, 9.17) is 33.8 Å². The minimum absolute atomic E-state index is 0.0519. The summed E-state index contributed by atoms with van der Waals surface area (Å²) in [6, 6.07) is 3.20. The predicted molar refractivity (Wildman–Crippen MR) is 79.8 cm³/mol. The number of hydrogen-bond acceptors (Lipinski definition) is 6. The van der Waals surface area contributed by atoms with E-state index in [0.29, 0.717) is 22.6 Å². The number of aromatic nitrogens is 2. The van der Waals surface area contributed by atoms with E-state index >= 15 is 0 Å². The van der Waals surface area contributed by atoms with Gasteiger partial charge in [-0.25, -0.2) is 4.98 Å². The average Bonchev–Trinajstić information content (AvgIpc) is 2.49. The standard InChI is InChI=1S/C15H12N4O2/c1-4-9-7-12(10(5-2)6-11(9)20-3)21-13-8-18-15(17)19-14(13)16/h1-2,6-8H,3H3,(H4,16,17,18,19). The molecule has 0 saturated carbocycles. The summed E-state index contributed by atoms with van der Waals surface area (Å²) in [5.41, 5.74) is 12.1. The van der Waals surface area contributed by atoms with Gasteiger partial charge in [0.1, 0.15) is 11.5 Å². The molecular weight excluding hydrogens is 268 g/mol. The number of benzene rings is 1. The van der Waals surface area contributed by atoms with Crippen molar-refractivity contribution in [2.75, 3.05) is 18.6 Å². The van der Waals surface area contributed by atoms with Gasteiger partial charge in [0.15, 0.2) is 11.6 Å². The largest absolute Gasteiger partial charge is 0.495 e. The molecule has 0 aliphatic heterocycles. The first-order valence-corrected chi connectivity index (χ1v) is 5.80. The van der Waals surface area contributed by atoms with Crippen molar-refractivity contribution in [3.8, 4) is 41.9 Å². The lowest BCUT2D eigenvalue weighted by Gasteiger charge is -2.12. The average molecular weight is 280 g/mol. The predicted octanol–water partition coefficient (Wildman–Crippen LogP) is 1.40. The minimum atomic E-state index is 0.0519. The van der Waals surface area contributed by atoms with Crippen LogP contribution in [0.15, 0.2) is 18.3 Å². The Hall–Kier alpha value is -3.38. The molecule has 0 spiro atoms. The fourth-order valence-corrected chi connectivity index (χ4v) is 1.63. The lowest BCUT2D eigenvalue weighted by Crippen LogP contribution is -2.02. The van der Waals surface area contributed by atoms with Gasteiger partial charge in [-0.1, -0.05) is 11.8 Å². The zero-order valence-electron chi connectivity index (χ0n) is 11.3. The molecular formula is C15H12N4O2. The lowest BCUT2D eigenvalue weighted by atomic mass is 10.1. The van der Waals surface area contributed by atoms with E-state index < -0.39 is 0 Å². The van der Waals surface area contributed by atoms with Gasteiger partial charge in [-0.05, 0) is 0 Å². The van der Waals surface area contributed by atoms with Gasteiger partial charge in [0.05, 0.1) is 24.4 Å². The molecule has 1 aromatic heterocycles. The Kier molecular flexibility index (Phi) is 3.83. The Bertz CT molecular complexity index is 772. The second-order valence-electron chi connectivity index (χ2n) is 3.92. The maximum atomic E-state index is 5.71. The molecule has 2 rings (SSSR count). The molecule has 0 radical (unpaired) electrons. The Morgan fingerprint density at radius 3 is 2.24 bits per heavy atom. The van der Waals surface area contributed by atoms with Crippen molar-refractivity contribution >= 4 is 11.8 Å². The first-order chi connectivity index (χ1) is 10.1. The van der Waals surface area contributed by atoms with Gasteiger partial charge in [-0.15, -0.1) is 12.8 Å². The van der Waals surface area contributed by atoms with Crippen molar-refractivity contribution in [1.82, 2.24) is 9.97 Å². The van der Waals surface area contributed by atoms with E-state index in [2.05, 4.69) is 21.8 Å². The highest BCUT2D eigenvalue weighted by atomic mass is 16.5. The van der Waals surface area contributed by atoms with Gasteiger partial charge in [-0.3, -0.25) is 0 Å². The van der Waals surface area contributed by atoms with Gasteiger partial charge in [-0.2, -0.15) is 4.98 Å². The van der Waals surface area contributed by atoms with Crippen molar-refractivity contribution in [1.29, 1.82) is 0 Å².